The maximum Gasteiger partial charge on any atom is 0.311 e. The SMILES string of the molecule is COc1ccc(C(=O)N(C)C(CN)C2CC2)cc1[N+](=O)[O-]. The van der Waals surface area contributed by atoms with Gasteiger partial charge in [-0.3, -0.25) is 14.9 Å². The highest BCUT2D eigenvalue weighted by molar-refractivity contribution is 5.95. The molecule has 7 heteroatoms. The average Bonchev–Trinajstić information content (AvgIpc) is 3.31. The number of likely N-dealkylation sites (N-methyl/N-ethyl adjacent to an activating group) is 1. The van der Waals surface area contributed by atoms with E-state index in [1.807, 2.05) is 0 Å². The Bertz CT molecular complexity index is 557. The van der Waals surface area contributed by atoms with Crippen molar-refractivity contribution >= 4 is 11.6 Å². The molecule has 1 atom stereocenters. The molecule has 0 radical (unpaired) electrons. The maximum atomic E-state index is 12.5. The molecule has 0 aromatic heterocycles. The quantitative estimate of drug-likeness (QED) is 0.631. The normalized spacial score (nSPS) is 15.4. The zero-order valence-electron chi connectivity index (χ0n) is 12.1. The fraction of sp³-hybridized carbons (Fsp3) is 0.500. The number of ether oxygens (including phenoxy) is 1. The molecule has 1 unspecified atom stereocenters. The Morgan fingerprint density at radius 3 is 2.71 bits per heavy atom. The monoisotopic (exact) mass is 293 g/mol. The molecule has 0 heterocycles. The molecular weight excluding hydrogens is 274 g/mol. The number of benzene rings is 1. The minimum absolute atomic E-state index is 0.0151. The third-order valence-electron chi connectivity index (χ3n) is 3.85. The van der Waals surface area contributed by atoms with Crippen molar-refractivity contribution in [1.82, 2.24) is 4.90 Å². The van der Waals surface area contributed by atoms with Gasteiger partial charge in [-0.15, -0.1) is 0 Å². The molecule has 1 saturated carbocycles. The largest absolute Gasteiger partial charge is 0.490 e. The van der Waals surface area contributed by atoms with Gasteiger partial charge in [0.05, 0.1) is 12.0 Å². The van der Waals surface area contributed by atoms with Gasteiger partial charge in [0.1, 0.15) is 0 Å². The molecule has 0 spiro atoms. The first-order valence-electron chi connectivity index (χ1n) is 6.79. The van der Waals surface area contributed by atoms with Crippen LogP contribution in [-0.2, 0) is 0 Å². The van der Waals surface area contributed by atoms with Crippen molar-refractivity contribution in [3.63, 3.8) is 0 Å². The van der Waals surface area contributed by atoms with Gasteiger partial charge in [0.15, 0.2) is 5.75 Å². The first kappa shape index (κ1) is 15.2. The van der Waals surface area contributed by atoms with Crippen LogP contribution in [0.2, 0.25) is 0 Å². The number of rotatable bonds is 6. The first-order chi connectivity index (χ1) is 9.99. The Kier molecular flexibility index (Phi) is 4.42. The second-order valence-corrected chi connectivity index (χ2v) is 5.20. The number of carbonyl (C=O) groups excluding carboxylic acids is 1. The van der Waals surface area contributed by atoms with Crippen LogP contribution >= 0.6 is 0 Å². The third-order valence-corrected chi connectivity index (χ3v) is 3.85. The minimum Gasteiger partial charge on any atom is -0.490 e. The van der Waals surface area contributed by atoms with Crippen LogP contribution in [0, 0.1) is 16.0 Å². The highest BCUT2D eigenvalue weighted by atomic mass is 16.6. The van der Waals surface area contributed by atoms with Crippen molar-refractivity contribution in [2.45, 2.75) is 18.9 Å². The van der Waals surface area contributed by atoms with Gasteiger partial charge in [-0.1, -0.05) is 0 Å². The Morgan fingerprint density at radius 2 is 2.24 bits per heavy atom. The van der Waals surface area contributed by atoms with Crippen molar-refractivity contribution < 1.29 is 14.5 Å². The molecule has 0 saturated heterocycles. The lowest BCUT2D eigenvalue weighted by Crippen LogP contribution is -2.43. The summed E-state index contributed by atoms with van der Waals surface area (Å²) in [7, 11) is 3.04. The van der Waals surface area contributed by atoms with E-state index in [-0.39, 0.29) is 28.9 Å². The molecule has 1 aliphatic rings. The Balaban J connectivity index is 2.26. The standard InChI is InChI=1S/C14H19N3O4/c1-16(12(8-15)9-3-4-9)14(18)10-5-6-13(21-2)11(7-10)17(19)20/h5-7,9,12H,3-4,8,15H2,1-2H3. The van der Waals surface area contributed by atoms with E-state index in [1.165, 1.54) is 25.3 Å². The van der Waals surface area contributed by atoms with E-state index in [0.29, 0.717) is 12.5 Å². The molecule has 1 amide bonds. The van der Waals surface area contributed by atoms with Gasteiger partial charge in [0.25, 0.3) is 5.91 Å². The van der Waals surface area contributed by atoms with Crippen LogP contribution in [-0.4, -0.2) is 42.5 Å². The number of nitrogens with zero attached hydrogens (tertiary/aromatic N) is 2. The number of nitrogens with two attached hydrogens (primary N) is 1. The number of hydrogen-bond acceptors (Lipinski definition) is 5. The molecule has 0 aliphatic heterocycles. The van der Waals surface area contributed by atoms with Crippen LogP contribution in [0.1, 0.15) is 23.2 Å². The van der Waals surface area contributed by atoms with E-state index in [9.17, 15) is 14.9 Å². The van der Waals surface area contributed by atoms with Crippen molar-refractivity contribution in [3.05, 3.63) is 33.9 Å². The molecule has 2 rings (SSSR count). The van der Waals surface area contributed by atoms with E-state index in [0.717, 1.165) is 12.8 Å². The van der Waals surface area contributed by atoms with E-state index in [1.54, 1.807) is 11.9 Å². The molecule has 2 N–H and O–H groups in total. The van der Waals surface area contributed by atoms with Crippen molar-refractivity contribution in [3.8, 4) is 5.75 Å². The van der Waals surface area contributed by atoms with Crippen LogP contribution in [0.25, 0.3) is 0 Å². The molecule has 1 aliphatic carbocycles. The summed E-state index contributed by atoms with van der Waals surface area (Å²) in [6.07, 6.45) is 2.14. The first-order valence-corrected chi connectivity index (χ1v) is 6.79. The van der Waals surface area contributed by atoms with Crippen molar-refractivity contribution in [2.75, 3.05) is 20.7 Å². The van der Waals surface area contributed by atoms with Crippen LogP contribution < -0.4 is 10.5 Å². The predicted molar refractivity (Wildman–Crippen MR) is 77.3 cm³/mol. The highest BCUT2D eigenvalue weighted by Crippen LogP contribution is 2.35. The molecule has 7 nitrogen and oxygen atoms in total. The van der Waals surface area contributed by atoms with Gasteiger partial charge < -0.3 is 15.4 Å². The van der Waals surface area contributed by atoms with Crippen LogP contribution in [0.4, 0.5) is 5.69 Å². The van der Waals surface area contributed by atoms with Gasteiger partial charge in [0, 0.05) is 31.3 Å². The van der Waals surface area contributed by atoms with Crippen LogP contribution in [0.5, 0.6) is 5.75 Å². The maximum absolute atomic E-state index is 12.5. The summed E-state index contributed by atoms with van der Waals surface area (Å²) < 4.78 is 4.93. The van der Waals surface area contributed by atoms with Crippen molar-refractivity contribution in [2.24, 2.45) is 11.7 Å². The highest BCUT2D eigenvalue weighted by Gasteiger charge is 2.35. The van der Waals surface area contributed by atoms with Crippen LogP contribution in [0.3, 0.4) is 0 Å². The lowest BCUT2D eigenvalue weighted by atomic mass is 10.1. The number of nitro benzene ring substituents is 1. The summed E-state index contributed by atoms with van der Waals surface area (Å²) in [5, 5.41) is 11.0. The minimum atomic E-state index is -0.559. The summed E-state index contributed by atoms with van der Waals surface area (Å²) in [5.74, 6) is 0.317. The van der Waals surface area contributed by atoms with Crippen LogP contribution in [0.15, 0.2) is 18.2 Å². The average molecular weight is 293 g/mol. The van der Waals surface area contributed by atoms with E-state index in [4.69, 9.17) is 10.5 Å². The number of nitro groups is 1. The van der Waals surface area contributed by atoms with Gasteiger partial charge >= 0.3 is 5.69 Å². The molecule has 1 aromatic rings. The summed E-state index contributed by atoms with van der Waals surface area (Å²) in [5.41, 5.74) is 5.78. The second kappa shape index (κ2) is 6.09. The zero-order chi connectivity index (χ0) is 15.6. The predicted octanol–water partition coefficient (Wildman–Crippen LogP) is 1.41. The number of carbonyl (C=O) groups is 1. The Hall–Kier alpha value is -2.15. The Labute approximate surface area is 122 Å². The lowest BCUT2D eigenvalue weighted by molar-refractivity contribution is -0.385. The number of amides is 1. The van der Waals surface area contributed by atoms with Gasteiger partial charge in [-0.25, -0.2) is 0 Å². The van der Waals surface area contributed by atoms with Gasteiger partial charge in [0.2, 0.25) is 0 Å². The zero-order valence-corrected chi connectivity index (χ0v) is 12.1. The summed E-state index contributed by atoms with van der Waals surface area (Å²) in [4.78, 5) is 24.5. The summed E-state index contributed by atoms with van der Waals surface area (Å²) in [6.45, 7) is 0.394. The van der Waals surface area contributed by atoms with E-state index < -0.39 is 4.92 Å². The topological polar surface area (TPSA) is 98.7 Å². The summed E-state index contributed by atoms with van der Waals surface area (Å²) >= 11 is 0. The van der Waals surface area contributed by atoms with Gasteiger partial charge in [-0.2, -0.15) is 0 Å². The number of methoxy groups -OCH3 is 1. The molecule has 21 heavy (non-hydrogen) atoms. The fourth-order valence-electron chi connectivity index (χ4n) is 2.47. The van der Waals surface area contributed by atoms with Gasteiger partial charge in [-0.05, 0) is 30.9 Å². The number of hydrogen-bond donors (Lipinski definition) is 1. The third kappa shape index (κ3) is 3.13. The molecule has 1 fully saturated rings. The molecule has 114 valence electrons. The summed E-state index contributed by atoms with van der Waals surface area (Å²) in [6, 6.07) is 4.20. The van der Waals surface area contributed by atoms with Crippen molar-refractivity contribution in [1.29, 1.82) is 0 Å². The lowest BCUT2D eigenvalue weighted by Gasteiger charge is -2.27. The molecule has 0 bridgehead atoms. The smallest absolute Gasteiger partial charge is 0.311 e. The molecule has 1 aromatic carbocycles. The fourth-order valence-corrected chi connectivity index (χ4v) is 2.47. The Morgan fingerprint density at radius 1 is 1.57 bits per heavy atom. The van der Waals surface area contributed by atoms with E-state index in [2.05, 4.69) is 0 Å². The molecular formula is C14H19N3O4. The second-order valence-electron chi connectivity index (χ2n) is 5.20. The van der Waals surface area contributed by atoms with E-state index >= 15 is 0 Å².